The van der Waals surface area contributed by atoms with E-state index in [9.17, 15) is 8.78 Å². The number of anilines is 2. The summed E-state index contributed by atoms with van der Waals surface area (Å²) in [5.41, 5.74) is 6.52. The summed E-state index contributed by atoms with van der Waals surface area (Å²) >= 11 is 1.41. The number of nitriles is 1. The third kappa shape index (κ3) is 3.64. The van der Waals surface area contributed by atoms with Crippen LogP contribution in [-0.4, -0.2) is 25.4 Å². The number of pyridine rings is 1. The van der Waals surface area contributed by atoms with Crippen LogP contribution in [0.4, 0.5) is 20.3 Å². The Hall–Kier alpha value is -3.32. The Kier molecular flexibility index (Phi) is 4.99. The smallest absolute Gasteiger partial charge is 0.164 e. The average molecular weight is 425 g/mol. The number of halogens is 2. The molecule has 7 nitrogen and oxygen atoms in total. The van der Waals surface area contributed by atoms with Crippen molar-refractivity contribution in [3.8, 4) is 6.07 Å². The standard InChI is InChI=1S/C20H17F2N7S/c1-10-6-20(2,29-19(24)30-10)13-4-12(5-14(21)16(13)22)28-18-17-15(26-9-27-18)3-11(7-23)8-25-17/h3-5,8-10H,6H2,1-2H3,(H2,24,29)(H,26,27,28)/t10-,20-/m0/s1. The molecule has 4 rings (SSSR count). The minimum absolute atomic E-state index is 0.107. The number of rotatable bonds is 3. The van der Waals surface area contributed by atoms with E-state index in [0.29, 0.717) is 34.0 Å². The average Bonchev–Trinajstić information content (AvgIpc) is 2.69. The van der Waals surface area contributed by atoms with E-state index in [1.54, 1.807) is 13.0 Å². The highest BCUT2D eigenvalue weighted by molar-refractivity contribution is 8.14. The summed E-state index contributed by atoms with van der Waals surface area (Å²) in [5.74, 6) is -1.65. The number of nitrogens with one attached hydrogen (secondary N) is 1. The Morgan fingerprint density at radius 2 is 2.07 bits per heavy atom. The lowest BCUT2D eigenvalue weighted by Gasteiger charge is -2.33. The van der Waals surface area contributed by atoms with Gasteiger partial charge < -0.3 is 11.1 Å². The first-order valence-electron chi connectivity index (χ1n) is 9.08. The van der Waals surface area contributed by atoms with Crippen LogP contribution in [0.1, 0.15) is 31.4 Å². The zero-order chi connectivity index (χ0) is 21.5. The predicted octanol–water partition coefficient (Wildman–Crippen LogP) is 3.97. The van der Waals surface area contributed by atoms with Crippen LogP contribution in [0.2, 0.25) is 0 Å². The Bertz CT molecular complexity index is 1220. The second-order valence-electron chi connectivity index (χ2n) is 7.23. The van der Waals surface area contributed by atoms with Crippen molar-refractivity contribution in [3.05, 3.63) is 53.5 Å². The number of nitrogens with two attached hydrogens (primary N) is 1. The van der Waals surface area contributed by atoms with E-state index in [4.69, 9.17) is 11.0 Å². The molecule has 0 bridgehead atoms. The molecule has 0 radical (unpaired) electrons. The van der Waals surface area contributed by atoms with Crippen LogP contribution in [0.15, 0.2) is 35.7 Å². The van der Waals surface area contributed by atoms with Crippen molar-refractivity contribution in [2.45, 2.75) is 31.1 Å². The van der Waals surface area contributed by atoms with Crippen LogP contribution in [0.25, 0.3) is 11.0 Å². The molecule has 2 atom stereocenters. The molecule has 3 heterocycles. The molecule has 3 aromatic rings. The second kappa shape index (κ2) is 7.50. The summed E-state index contributed by atoms with van der Waals surface area (Å²) in [5, 5.41) is 12.5. The van der Waals surface area contributed by atoms with E-state index < -0.39 is 17.2 Å². The van der Waals surface area contributed by atoms with Crippen molar-refractivity contribution >= 4 is 39.5 Å². The summed E-state index contributed by atoms with van der Waals surface area (Å²) in [4.78, 5) is 16.9. The molecule has 1 aliphatic rings. The van der Waals surface area contributed by atoms with Gasteiger partial charge in [-0.2, -0.15) is 5.26 Å². The molecule has 0 fully saturated rings. The minimum atomic E-state index is -1.01. The summed E-state index contributed by atoms with van der Waals surface area (Å²) < 4.78 is 29.2. The number of benzene rings is 1. The van der Waals surface area contributed by atoms with E-state index in [-0.39, 0.29) is 16.5 Å². The monoisotopic (exact) mass is 425 g/mol. The number of aliphatic imine (C=N–C) groups is 1. The first-order valence-corrected chi connectivity index (χ1v) is 9.96. The fourth-order valence-corrected chi connectivity index (χ4v) is 4.65. The third-order valence-electron chi connectivity index (χ3n) is 4.84. The number of hydrogen-bond acceptors (Lipinski definition) is 8. The first kappa shape index (κ1) is 20.0. The third-order valence-corrected chi connectivity index (χ3v) is 5.74. The van der Waals surface area contributed by atoms with Gasteiger partial charge in [0, 0.05) is 28.8 Å². The summed E-state index contributed by atoms with van der Waals surface area (Å²) in [6.45, 7) is 3.71. The first-order chi connectivity index (χ1) is 14.3. The van der Waals surface area contributed by atoms with Gasteiger partial charge in [0.2, 0.25) is 0 Å². The summed E-state index contributed by atoms with van der Waals surface area (Å²) in [6.07, 6.45) is 3.21. The van der Waals surface area contributed by atoms with Crippen LogP contribution in [0.3, 0.4) is 0 Å². The SMILES string of the molecule is C[C@H]1C[C@@](C)(c2cc(Nc3ncnc4cc(C#N)cnc34)cc(F)c2F)N=C(N)S1. The molecule has 0 unspecified atom stereocenters. The van der Waals surface area contributed by atoms with Crippen molar-refractivity contribution in [1.82, 2.24) is 15.0 Å². The van der Waals surface area contributed by atoms with Gasteiger partial charge in [-0.05, 0) is 25.5 Å². The maximum Gasteiger partial charge on any atom is 0.164 e. The lowest BCUT2D eigenvalue weighted by Crippen LogP contribution is -2.33. The number of thioether (sulfide) groups is 1. The fourth-order valence-electron chi connectivity index (χ4n) is 3.58. The highest BCUT2D eigenvalue weighted by Crippen LogP contribution is 2.41. The molecule has 0 saturated heterocycles. The Morgan fingerprint density at radius 3 is 2.80 bits per heavy atom. The number of fused-ring (bicyclic) bond motifs is 1. The van der Waals surface area contributed by atoms with E-state index >= 15 is 0 Å². The molecule has 0 amide bonds. The van der Waals surface area contributed by atoms with Crippen LogP contribution in [-0.2, 0) is 5.54 Å². The molecule has 1 aromatic carbocycles. The Morgan fingerprint density at radius 1 is 1.27 bits per heavy atom. The molecule has 0 spiro atoms. The Balaban J connectivity index is 1.78. The van der Waals surface area contributed by atoms with Gasteiger partial charge in [0.15, 0.2) is 22.6 Å². The molecule has 30 heavy (non-hydrogen) atoms. The normalized spacial score (nSPS) is 21.2. The zero-order valence-electron chi connectivity index (χ0n) is 16.1. The number of amidine groups is 1. The summed E-state index contributed by atoms with van der Waals surface area (Å²) in [6, 6.07) is 6.13. The van der Waals surface area contributed by atoms with Crippen molar-refractivity contribution in [3.63, 3.8) is 0 Å². The second-order valence-corrected chi connectivity index (χ2v) is 8.69. The van der Waals surface area contributed by atoms with Crippen LogP contribution in [0, 0.1) is 23.0 Å². The number of aromatic nitrogens is 3. The van der Waals surface area contributed by atoms with Gasteiger partial charge >= 0.3 is 0 Å². The highest BCUT2D eigenvalue weighted by Gasteiger charge is 2.36. The number of nitrogens with zero attached hydrogens (tertiary/aromatic N) is 5. The molecule has 2 aromatic heterocycles. The van der Waals surface area contributed by atoms with Gasteiger partial charge in [-0.15, -0.1) is 0 Å². The molecule has 10 heteroatoms. The van der Waals surface area contributed by atoms with E-state index in [1.807, 2.05) is 13.0 Å². The van der Waals surface area contributed by atoms with E-state index in [1.165, 1.54) is 30.4 Å². The molecule has 1 aliphatic heterocycles. The van der Waals surface area contributed by atoms with Crippen molar-refractivity contribution < 1.29 is 8.78 Å². The lowest BCUT2D eigenvalue weighted by molar-refractivity contribution is 0.409. The molecule has 3 N–H and O–H groups in total. The van der Waals surface area contributed by atoms with Crippen LogP contribution < -0.4 is 11.1 Å². The maximum atomic E-state index is 14.8. The van der Waals surface area contributed by atoms with Crippen LogP contribution >= 0.6 is 11.8 Å². The molecule has 0 aliphatic carbocycles. The molecule has 152 valence electrons. The number of hydrogen-bond donors (Lipinski definition) is 2. The van der Waals surface area contributed by atoms with Crippen molar-refractivity contribution in [1.29, 1.82) is 5.26 Å². The maximum absolute atomic E-state index is 14.8. The van der Waals surface area contributed by atoms with Crippen molar-refractivity contribution in [2.75, 3.05) is 5.32 Å². The highest BCUT2D eigenvalue weighted by atomic mass is 32.2. The van der Waals surface area contributed by atoms with Gasteiger partial charge in [0.25, 0.3) is 0 Å². The van der Waals surface area contributed by atoms with E-state index in [0.717, 1.165) is 6.07 Å². The molecular formula is C20H17F2N7S. The van der Waals surface area contributed by atoms with Gasteiger partial charge in [-0.3, -0.25) is 4.99 Å². The Labute approximate surface area is 175 Å². The summed E-state index contributed by atoms with van der Waals surface area (Å²) in [7, 11) is 0. The van der Waals surface area contributed by atoms with Gasteiger partial charge in [-0.25, -0.2) is 23.7 Å². The van der Waals surface area contributed by atoms with Crippen LogP contribution in [0.5, 0.6) is 0 Å². The predicted molar refractivity (Wildman–Crippen MR) is 112 cm³/mol. The largest absolute Gasteiger partial charge is 0.379 e. The molecule has 0 saturated carbocycles. The fraction of sp³-hybridized carbons (Fsp3) is 0.250. The molecular weight excluding hydrogens is 408 g/mol. The van der Waals surface area contributed by atoms with Gasteiger partial charge in [0.05, 0.1) is 16.6 Å². The minimum Gasteiger partial charge on any atom is -0.379 e. The quantitative estimate of drug-likeness (QED) is 0.653. The van der Waals surface area contributed by atoms with Gasteiger partial charge in [0.1, 0.15) is 17.9 Å². The van der Waals surface area contributed by atoms with E-state index in [2.05, 4.69) is 25.3 Å². The van der Waals surface area contributed by atoms with Crippen molar-refractivity contribution in [2.24, 2.45) is 10.7 Å². The topological polar surface area (TPSA) is 113 Å². The lowest BCUT2D eigenvalue weighted by atomic mass is 9.87. The van der Waals surface area contributed by atoms with Gasteiger partial charge in [-0.1, -0.05) is 18.7 Å². The zero-order valence-corrected chi connectivity index (χ0v) is 17.0.